The summed E-state index contributed by atoms with van der Waals surface area (Å²) in [5.41, 5.74) is 5.95. The summed E-state index contributed by atoms with van der Waals surface area (Å²) in [6.45, 7) is 6.49. The van der Waals surface area contributed by atoms with E-state index in [-0.39, 0.29) is 5.54 Å². The number of amidine groups is 2. The minimum atomic E-state index is -0.128. The monoisotopic (exact) mass is 391 g/mol. The molecule has 28 heavy (non-hydrogen) atoms. The van der Waals surface area contributed by atoms with E-state index >= 15 is 0 Å². The molecule has 2 aromatic rings. The van der Waals surface area contributed by atoms with E-state index in [9.17, 15) is 0 Å². The van der Waals surface area contributed by atoms with Gasteiger partial charge >= 0.3 is 0 Å². The lowest BCUT2D eigenvalue weighted by Crippen LogP contribution is -2.53. The molecular formula is C24H29N3S. The van der Waals surface area contributed by atoms with Crippen LogP contribution in [0.4, 0.5) is 11.4 Å². The van der Waals surface area contributed by atoms with Crippen LogP contribution in [0.3, 0.4) is 0 Å². The summed E-state index contributed by atoms with van der Waals surface area (Å²) in [6, 6.07) is 15.1. The maximum absolute atomic E-state index is 5.21. The van der Waals surface area contributed by atoms with E-state index in [1.165, 1.54) is 41.6 Å². The summed E-state index contributed by atoms with van der Waals surface area (Å²) in [6.07, 6.45) is 8.10. The van der Waals surface area contributed by atoms with Gasteiger partial charge in [0.25, 0.3) is 0 Å². The van der Waals surface area contributed by atoms with Crippen molar-refractivity contribution in [3.05, 3.63) is 59.2 Å². The lowest BCUT2D eigenvalue weighted by atomic mass is 9.79. The molecule has 2 aliphatic rings. The zero-order valence-corrected chi connectivity index (χ0v) is 18.1. The predicted molar refractivity (Wildman–Crippen MR) is 123 cm³/mol. The molecule has 1 fully saturated rings. The highest BCUT2D eigenvalue weighted by Crippen LogP contribution is 2.45. The molecule has 0 amide bonds. The van der Waals surface area contributed by atoms with Crippen molar-refractivity contribution in [2.24, 2.45) is 9.98 Å². The molecule has 0 unspecified atom stereocenters. The molecule has 4 heteroatoms. The standard InChI is InChI=1S/C24H29N3S/c1-17-11-6-7-14-20(17)27-23(28-4)26-22(24(27)15-8-5-9-16-24)25-21-18(2)12-10-13-19(21)3/h6-7,10-14H,5,8-9,15-16H2,1-4H3. The third-order valence-corrected chi connectivity index (χ3v) is 6.75. The molecule has 4 rings (SSSR count). The number of nitrogens with zero attached hydrogens (tertiary/aromatic N) is 3. The summed E-state index contributed by atoms with van der Waals surface area (Å²) >= 11 is 1.73. The van der Waals surface area contributed by atoms with Gasteiger partial charge in [-0.05, 0) is 62.6 Å². The molecule has 1 heterocycles. The molecule has 0 radical (unpaired) electrons. The smallest absolute Gasteiger partial charge is 0.170 e. The molecule has 0 atom stereocenters. The fraction of sp³-hybridized carbons (Fsp3) is 0.417. The van der Waals surface area contributed by atoms with Crippen LogP contribution in [0.15, 0.2) is 52.4 Å². The van der Waals surface area contributed by atoms with Crippen LogP contribution in [0.1, 0.15) is 48.8 Å². The molecule has 0 bridgehead atoms. The number of benzene rings is 2. The summed E-state index contributed by atoms with van der Waals surface area (Å²) in [5.74, 6) is 0.997. The van der Waals surface area contributed by atoms with E-state index < -0.39 is 0 Å². The van der Waals surface area contributed by atoms with Gasteiger partial charge in [0.05, 0.1) is 5.69 Å². The number of rotatable bonds is 2. The van der Waals surface area contributed by atoms with Gasteiger partial charge in [-0.1, -0.05) is 67.4 Å². The first-order chi connectivity index (χ1) is 13.6. The van der Waals surface area contributed by atoms with Crippen molar-refractivity contribution in [1.82, 2.24) is 0 Å². The largest absolute Gasteiger partial charge is 0.307 e. The van der Waals surface area contributed by atoms with Crippen molar-refractivity contribution in [2.75, 3.05) is 11.2 Å². The Morgan fingerprint density at radius 2 is 1.54 bits per heavy atom. The van der Waals surface area contributed by atoms with E-state index in [0.29, 0.717) is 0 Å². The molecular weight excluding hydrogens is 362 g/mol. The summed E-state index contributed by atoms with van der Waals surface area (Å²) in [4.78, 5) is 12.8. The van der Waals surface area contributed by atoms with Gasteiger partial charge in [-0.25, -0.2) is 9.98 Å². The minimum absolute atomic E-state index is 0.128. The van der Waals surface area contributed by atoms with Crippen molar-refractivity contribution in [3.8, 4) is 0 Å². The number of anilines is 1. The highest BCUT2D eigenvalue weighted by Gasteiger charge is 2.49. The Morgan fingerprint density at radius 1 is 0.893 bits per heavy atom. The molecule has 3 nitrogen and oxygen atoms in total. The van der Waals surface area contributed by atoms with Crippen LogP contribution in [-0.2, 0) is 0 Å². The van der Waals surface area contributed by atoms with E-state index in [0.717, 1.165) is 29.5 Å². The predicted octanol–water partition coefficient (Wildman–Crippen LogP) is 6.58. The van der Waals surface area contributed by atoms with Crippen LogP contribution in [0.2, 0.25) is 0 Å². The highest BCUT2D eigenvalue weighted by molar-refractivity contribution is 8.13. The van der Waals surface area contributed by atoms with Crippen molar-refractivity contribution in [1.29, 1.82) is 0 Å². The quantitative estimate of drug-likeness (QED) is 0.578. The Labute approximate surface area is 173 Å². The lowest BCUT2D eigenvalue weighted by Gasteiger charge is -2.43. The Morgan fingerprint density at radius 3 is 2.18 bits per heavy atom. The van der Waals surface area contributed by atoms with Gasteiger partial charge < -0.3 is 4.90 Å². The first-order valence-corrected chi connectivity index (χ1v) is 11.4. The van der Waals surface area contributed by atoms with Crippen LogP contribution in [0, 0.1) is 20.8 Å². The second-order valence-corrected chi connectivity index (χ2v) is 8.76. The molecule has 2 aromatic carbocycles. The first kappa shape index (κ1) is 19.3. The molecule has 1 aliphatic carbocycles. The number of para-hydroxylation sites is 2. The average molecular weight is 392 g/mol. The van der Waals surface area contributed by atoms with Gasteiger partial charge in [0.15, 0.2) is 11.0 Å². The highest BCUT2D eigenvalue weighted by atomic mass is 32.2. The normalized spacial score (nSPS) is 20.1. The second kappa shape index (κ2) is 7.75. The minimum Gasteiger partial charge on any atom is -0.307 e. The number of aliphatic imine (C=N–C) groups is 2. The van der Waals surface area contributed by atoms with E-state index in [4.69, 9.17) is 9.98 Å². The molecule has 1 aliphatic heterocycles. The van der Waals surface area contributed by atoms with E-state index in [1.54, 1.807) is 11.8 Å². The zero-order valence-electron chi connectivity index (χ0n) is 17.3. The second-order valence-electron chi connectivity index (χ2n) is 7.99. The fourth-order valence-corrected chi connectivity index (χ4v) is 5.25. The maximum atomic E-state index is 5.21. The van der Waals surface area contributed by atoms with Crippen molar-refractivity contribution < 1.29 is 0 Å². The number of thioether (sulfide) groups is 1. The number of aryl methyl sites for hydroxylation is 3. The van der Waals surface area contributed by atoms with Crippen LogP contribution in [0.5, 0.6) is 0 Å². The van der Waals surface area contributed by atoms with Crippen molar-refractivity contribution in [2.45, 2.75) is 58.4 Å². The molecule has 1 spiro atoms. The molecule has 0 N–H and O–H groups in total. The lowest BCUT2D eigenvalue weighted by molar-refractivity contribution is 0.385. The molecule has 0 saturated heterocycles. The van der Waals surface area contributed by atoms with Gasteiger partial charge in [0.2, 0.25) is 0 Å². The van der Waals surface area contributed by atoms with Crippen LogP contribution < -0.4 is 4.90 Å². The summed E-state index contributed by atoms with van der Waals surface area (Å²) in [7, 11) is 0. The first-order valence-electron chi connectivity index (χ1n) is 10.2. The average Bonchev–Trinajstić information content (AvgIpc) is 2.98. The molecule has 0 aromatic heterocycles. The summed E-state index contributed by atoms with van der Waals surface area (Å²) in [5, 5.41) is 1.07. The van der Waals surface area contributed by atoms with Gasteiger partial charge in [0, 0.05) is 5.69 Å². The zero-order chi connectivity index (χ0) is 19.7. The third kappa shape index (κ3) is 3.18. The van der Waals surface area contributed by atoms with Gasteiger partial charge in [-0.15, -0.1) is 0 Å². The van der Waals surface area contributed by atoms with Crippen LogP contribution >= 0.6 is 11.8 Å². The van der Waals surface area contributed by atoms with Crippen molar-refractivity contribution >= 4 is 34.1 Å². The Bertz CT molecular complexity index is 918. The molecule has 1 saturated carbocycles. The Balaban J connectivity index is 1.91. The topological polar surface area (TPSA) is 28.0 Å². The number of hydrogen-bond acceptors (Lipinski definition) is 3. The summed E-state index contributed by atoms with van der Waals surface area (Å²) < 4.78 is 0. The maximum Gasteiger partial charge on any atom is 0.170 e. The van der Waals surface area contributed by atoms with Crippen molar-refractivity contribution in [3.63, 3.8) is 0 Å². The fourth-order valence-electron chi connectivity index (χ4n) is 4.61. The van der Waals surface area contributed by atoms with Crippen LogP contribution in [-0.4, -0.2) is 22.8 Å². The Kier molecular flexibility index (Phi) is 5.33. The SMILES string of the molecule is CSC1=NC(=Nc2c(C)cccc2C)C2(CCCCC2)N1c1ccccc1C. The molecule has 146 valence electrons. The Hall–Kier alpha value is -2.07. The van der Waals surface area contributed by atoms with Gasteiger partial charge in [-0.2, -0.15) is 0 Å². The van der Waals surface area contributed by atoms with E-state index in [1.807, 2.05) is 0 Å². The third-order valence-electron chi connectivity index (χ3n) is 6.11. The van der Waals surface area contributed by atoms with E-state index in [2.05, 4.69) is 74.4 Å². The van der Waals surface area contributed by atoms with Gasteiger partial charge in [-0.3, -0.25) is 0 Å². The van der Waals surface area contributed by atoms with Crippen LogP contribution in [0.25, 0.3) is 0 Å². The van der Waals surface area contributed by atoms with Gasteiger partial charge in [0.1, 0.15) is 5.54 Å². The number of hydrogen-bond donors (Lipinski definition) is 0.